The first-order chi connectivity index (χ1) is 28.6. The van der Waals surface area contributed by atoms with Crippen molar-refractivity contribution in [3.63, 3.8) is 0 Å². The van der Waals surface area contributed by atoms with E-state index in [4.69, 9.17) is 14.2 Å². The summed E-state index contributed by atoms with van der Waals surface area (Å²) in [4.78, 5) is 25.2. The molecule has 0 aromatic rings. The Morgan fingerprint density at radius 3 is 1.22 bits per heavy atom. The van der Waals surface area contributed by atoms with Crippen molar-refractivity contribution in [1.82, 2.24) is 0 Å². The standard InChI is InChI=1S/C53H84O5/c1-4-7-10-13-16-19-22-25-27-29-31-34-37-40-43-46-52(54)57-50-51(49-56-48-45-42-39-36-33-30-26-23-20-17-14-11-8-5-2)58-53(55)47-44-41-38-35-32-28-24-21-18-15-12-9-6-3/h7-12,16-21,25-28,30,32,38,41,51H,4-6,13-15,22-24,29,31,33-37,39-40,42-50H2,1-3H3/b10-7-,11-8-,12-9-,19-16-,20-17-,21-18-,27-25-,30-26-,32-28-,41-38-. The molecular weight excluding hydrogens is 717 g/mol. The third-order valence-corrected chi connectivity index (χ3v) is 8.99. The van der Waals surface area contributed by atoms with Crippen LogP contribution >= 0.6 is 0 Å². The van der Waals surface area contributed by atoms with Gasteiger partial charge in [-0.05, 0) is 109 Å². The Morgan fingerprint density at radius 2 is 0.759 bits per heavy atom. The smallest absolute Gasteiger partial charge is 0.306 e. The van der Waals surface area contributed by atoms with Crippen LogP contribution in [0.5, 0.6) is 0 Å². The SMILES string of the molecule is CC/C=C\C/C=C\C/C=C\C/C=C\CCC(=O)OC(COCCCCCC/C=C\C/C=C\C/C=C\CC)COC(=O)CCCCCCC/C=C\C/C=C\C/C=C\CC. The van der Waals surface area contributed by atoms with E-state index in [1.54, 1.807) is 0 Å². The maximum Gasteiger partial charge on any atom is 0.306 e. The molecule has 0 bridgehead atoms. The number of unbranched alkanes of at least 4 members (excludes halogenated alkanes) is 9. The van der Waals surface area contributed by atoms with Gasteiger partial charge in [-0.3, -0.25) is 9.59 Å². The maximum absolute atomic E-state index is 12.7. The molecule has 0 radical (unpaired) electrons. The fourth-order valence-corrected chi connectivity index (χ4v) is 5.67. The average Bonchev–Trinajstić information content (AvgIpc) is 3.22. The lowest BCUT2D eigenvalue weighted by molar-refractivity contribution is -0.162. The Hall–Kier alpha value is -3.70. The summed E-state index contributed by atoms with van der Waals surface area (Å²) in [7, 11) is 0. The minimum absolute atomic E-state index is 0.0302. The van der Waals surface area contributed by atoms with E-state index in [2.05, 4.69) is 136 Å². The monoisotopic (exact) mass is 801 g/mol. The van der Waals surface area contributed by atoms with Crippen LogP contribution in [0, 0.1) is 0 Å². The molecule has 0 amide bonds. The highest BCUT2D eigenvalue weighted by molar-refractivity contribution is 5.70. The van der Waals surface area contributed by atoms with E-state index < -0.39 is 6.10 Å². The van der Waals surface area contributed by atoms with E-state index in [-0.39, 0.29) is 31.6 Å². The predicted molar refractivity (Wildman–Crippen MR) is 251 cm³/mol. The quantitative estimate of drug-likeness (QED) is 0.0351. The van der Waals surface area contributed by atoms with Gasteiger partial charge in [-0.25, -0.2) is 0 Å². The molecule has 326 valence electrons. The van der Waals surface area contributed by atoms with Crippen molar-refractivity contribution >= 4 is 11.9 Å². The Morgan fingerprint density at radius 1 is 0.379 bits per heavy atom. The Balaban J connectivity index is 4.45. The zero-order valence-corrected chi connectivity index (χ0v) is 37.3. The molecule has 0 heterocycles. The zero-order chi connectivity index (χ0) is 42.1. The van der Waals surface area contributed by atoms with Crippen molar-refractivity contribution in [1.29, 1.82) is 0 Å². The van der Waals surface area contributed by atoms with Gasteiger partial charge in [0.25, 0.3) is 0 Å². The predicted octanol–water partition coefficient (Wildman–Crippen LogP) is 15.4. The van der Waals surface area contributed by atoms with Gasteiger partial charge in [-0.15, -0.1) is 0 Å². The molecule has 0 fully saturated rings. The fourth-order valence-electron chi connectivity index (χ4n) is 5.67. The van der Waals surface area contributed by atoms with Crippen molar-refractivity contribution < 1.29 is 23.8 Å². The van der Waals surface area contributed by atoms with E-state index in [0.29, 0.717) is 19.4 Å². The zero-order valence-electron chi connectivity index (χ0n) is 37.3. The Kier molecular flexibility index (Phi) is 44.6. The second kappa shape index (κ2) is 47.7. The number of carbonyl (C=O) groups is 2. The number of hydrogen-bond donors (Lipinski definition) is 0. The summed E-state index contributed by atoms with van der Waals surface area (Å²) in [5.74, 6) is -0.536. The molecule has 5 heteroatoms. The summed E-state index contributed by atoms with van der Waals surface area (Å²) in [6.45, 7) is 7.31. The minimum Gasteiger partial charge on any atom is -0.462 e. The number of hydrogen-bond acceptors (Lipinski definition) is 5. The molecule has 0 aliphatic heterocycles. The van der Waals surface area contributed by atoms with Crippen molar-refractivity contribution in [3.05, 3.63) is 122 Å². The molecule has 0 rings (SSSR count). The van der Waals surface area contributed by atoms with Crippen molar-refractivity contribution in [2.75, 3.05) is 19.8 Å². The highest BCUT2D eigenvalue weighted by Crippen LogP contribution is 2.10. The van der Waals surface area contributed by atoms with Crippen molar-refractivity contribution in [2.24, 2.45) is 0 Å². The highest BCUT2D eigenvalue weighted by atomic mass is 16.6. The van der Waals surface area contributed by atoms with Crippen molar-refractivity contribution in [3.8, 4) is 0 Å². The molecule has 0 aliphatic carbocycles. The summed E-state index contributed by atoms with van der Waals surface area (Å²) in [5, 5.41) is 0. The van der Waals surface area contributed by atoms with Crippen LogP contribution in [0.2, 0.25) is 0 Å². The van der Waals surface area contributed by atoms with Gasteiger partial charge in [0, 0.05) is 19.4 Å². The van der Waals surface area contributed by atoms with Gasteiger partial charge in [0.05, 0.1) is 6.61 Å². The third kappa shape index (κ3) is 45.0. The number of rotatable bonds is 40. The molecule has 0 aromatic heterocycles. The lowest BCUT2D eigenvalue weighted by Crippen LogP contribution is -2.30. The van der Waals surface area contributed by atoms with Crippen LogP contribution < -0.4 is 0 Å². The number of carbonyl (C=O) groups excluding carboxylic acids is 2. The lowest BCUT2D eigenvalue weighted by atomic mass is 10.1. The maximum atomic E-state index is 12.7. The van der Waals surface area contributed by atoms with Gasteiger partial charge in [0.2, 0.25) is 0 Å². The second-order valence-electron chi connectivity index (χ2n) is 14.5. The van der Waals surface area contributed by atoms with Gasteiger partial charge < -0.3 is 14.2 Å². The lowest BCUT2D eigenvalue weighted by Gasteiger charge is -2.18. The summed E-state index contributed by atoms with van der Waals surface area (Å²) in [6, 6.07) is 0. The van der Waals surface area contributed by atoms with E-state index in [9.17, 15) is 9.59 Å². The number of esters is 2. The summed E-state index contributed by atoms with van der Waals surface area (Å²) in [5.41, 5.74) is 0. The molecule has 1 atom stereocenters. The van der Waals surface area contributed by atoms with Crippen LogP contribution in [0.3, 0.4) is 0 Å². The van der Waals surface area contributed by atoms with Crippen LogP contribution in [0.15, 0.2) is 122 Å². The van der Waals surface area contributed by atoms with Crippen LogP contribution in [-0.2, 0) is 23.8 Å². The number of allylic oxidation sites excluding steroid dienone is 20. The minimum atomic E-state index is -0.600. The Labute approximate surface area is 356 Å². The highest BCUT2D eigenvalue weighted by Gasteiger charge is 2.17. The van der Waals surface area contributed by atoms with Crippen LogP contribution in [0.25, 0.3) is 0 Å². The van der Waals surface area contributed by atoms with Gasteiger partial charge in [-0.2, -0.15) is 0 Å². The molecule has 0 N–H and O–H groups in total. The number of ether oxygens (including phenoxy) is 3. The summed E-state index contributed by atoms with van der Waals surface area (Å²) >= 11 is 0. The molecule has 0 aliphatic rings. The second-order valence-corrected chi connectivity index (χ2v) is 14.5. The molecule has 0 saturated heterocycles. The Bertz CT molecular complexity index is 1220. The molecular formula is C53H84O5. The molecule has 0 spiro atoms. The third-order valence-electron chi connectivity index (χ3n) is 8.99. The summed E-state index contributed by atoms with van der Waals surface area (Å²) < 4.78 is 17.2. The topological polar surface area (TPSA) is 61.8 Å². The normalized spacial score (nSPS) is 13.4. The molecule has 1 unspecified atom stereocenters. The van der Waals surface area contributed by atoms with E-state index in [1.807, 2.05) is 6.08 Å². The first-order valence-electron chi connectivity index (χ1n) is 23.1. The average molecular weight is 801 g/mol. The van der Waals surface area contributed by atoms with Gasteiger partial charge >= 0.3 is 11.9 Å². The first kappa shape index (κ1) is 54.3. The molecule has 5 nitrogen and oxygen atoms in total. The van der Waals surface area contributed by atoms with E-state index in [0.717, 1.165) is 116 Å². The van der Waals surface area contributed by atoms with Crippen molar-refractivity contribution in [2.45, 2.75) is 181 Å². The molecule has 58 heavy (non-hydrogen) atoms. The van der Waals surface area contributed by atoms with Crippen LogP contribution in [-0.4, -0.2) is 37.9 Å². The van der Waals surface area contributed by atoms with Gasteiger partial charge in [0.15, 0.2) is 6.10 Å². The summed E-state index contributed by atoms with van der Waals surface area (Å²) in [6.07, 6.45) is 66.4. The fraction of sp³-hybridized carbons (Fsp3) is 0.585. The van der Waals surface area contributed by atoms with E-state index in [1.165, 1.54) is 19.3 Å². The molecule has 0 saturated carbocycles. The first-order valence-corrected chi connectivity index (χ1v) is 23.1. The van der Waals surface area contributed by atoms with Crippen LogP contribution in [0.1, 0.15) is 175 Å². The van der Waals surface area contributed by atoms with Crippen LogP contribution in [0.4, 0.5) is 0 Å². The van der Waals surface area contributed by atoms with E-state index >= 15 is 0 Å². The van der Waals surface area contributed by atoms with Gasteiger partial charge in [-0.1, -0.05) is 174 Å². The molecule has 0 aromatic carbocycles. The largest absolute Gasteiger partial charge is 0.462 e. The van der Waals surface area contributed by atoms with Gasteiger partial charge in [0.1, 0.15) is 6.61 Å².